The van der Waals surface area contributed by atoms with E-state index in [1.165, 1.54) is 23.5 Å². The molecule has 0 radical (unpaired) electrons. The molecule has 1 N–H and O–H groups in total. The van der Waals surface area contributed by atoms with Crippen molar-refractivity contribution >= 4 is 22.9 Å². The van der Waals surface area contributed by atoms with Crippen LogP contribution in [0.25, 0.3) is 10.6 Å². The molecule has 1 amide bonds. The minimum atomic E-state index is -0.391. The highest BCUT2D eigenvalue weighted by Crippen LogP contribution is 2.27. The molecule has 3 nitrogen and oxygen atoms in total. The first-order chi connectivity index (χ1) is 10.6. The number of nitrogens with one attached hydrogen (secondary N) is 1. The second kappa shape index (κ2) is 6.07. The fourth-order valence-corrected chi connectivity index (χ4v) is 2.98. The molecule has 0 fully saturated rings. The molecule has 5 heteroatoms. The van der Waals surface area contributed by atoms with Gasteiger partial charge in [0.25, 0.3) is 5.91 Å². The summed E-state index contributed by atoms with van der Waals surface area (Å²) in [6.07, 6.45) is 0. The van der Waals surface area contributed by atoms with Gasteiger partial charge in [-0.3, -0.25) is 4.79 Å². The molecule has 0 saturated heterocycles. The Morgan fingerprint density at radius 1 is 1.14 bits per heavy atom. The lowest BCUT2D eigenvalue weighted by Gasteiger charge is -2.03. The smallest absolute Gasteiger partial charge is 0.275 e. The number of amides is 1. The first kappa shape index (κ1) is 14.4. The van der Waals surface area contributed by atoms with Gasteiger partial charge in [-0.2, -0.15) is 0 Å². The number of carbonyl (C=O) groups is 1. The predicted octanol–water partition coefficient (Wildman–Crippen LogP) is 4.51. The van der Waals surface area contributed by atoms with E-state index in [1.54, 1.807) is 12.1 Å². The fourth-order valence-electron chi connectivity index (χ4n) is 2.07. The van der Waals surface area contributed by atoms with Crippen LogP contribution < -0.4 is 5.32 Å². The monoisotopic (exact) mass is 312 g/mol. The number of hydrogen-bond donors (Lipinski definition) is 1. The topological polar surface area (TPSA) is 42.0 Å². The van der Waals surface area contributed by atoms with Crippen LogP contribution in [0.1, 0.15) is 15.4 Å². The molecule has 0 aliphatic carbocycles. The number of halogens is 1. The number of carbonyl (C=O) groups excluding carboxylic acids is 1. The molecule has 3 aromatic rings. The summed E-state index contributed by atoms with van der Waals surface area (Å²) in [5.41, 5.74) is 1.76. The number of rotatable bonds is 3. The molecule has 110 valence electrons. The third-order valence-electron chi connectivity index (χ3n) is 3.11. The molecule has 0 spiro atoms. The summed E-state index contributed by atoms with van der Waals surface area (Å²) in [6.45, 7) is 1.85. The maximum absolute atomic E-state index is 13.2. The summed E-state index contributed by atoms with van der Waals surface area (Å²) in [4.78, 5) is 17.5. The van der Waals surface area contributed by atoms with Crippen molar-refractivity contribution in [3.05, 3.63) is 71.0 Å². The Hall–Kier alpha value is -2.53. The van der Waals surface area contributed by atoms with Crippen molar-refractivity contribution < 1.29 is 9.18 Å². The second-order valence-electron chi connectivity index (χ2n) is 4.75. The van der Waals surface area contributed by atoms with E-state index in [0.717, 1.165) is 15.4 Å². The van der Waals surface area contributed by atoms with Crippen LogP contribution in [-0.4, -0.2) is 10.9 Å². The largest absolute Gasteiger partial charge is 0.321 e. The second-order valence-corrected chi connectivity index (χ2v) is 5.96. The van der Waals surface area contributed by atoms with Crippen LogP contribution in [0.4, 0.5) is 10.1 Å². The lowest BCUT2D eigenvalue weighted by atomic mass is 10.2. The summed E-state index contributed by atoms with van der Waals surface area (Å²) in [5.74, 6) is -0.723. The number of nitrogens with zero attached hydrogens (tertiary/aromatic N) is 1. The summed E-state index contributed by atoms with van der Waals surface area (Å²) in [5, 5.41) is 3.46. The molecule has 0 saturated carbocycles. The highest BCUT2D eigenvalue weighted by Gasteiger charge is 2.16. The Bertz CT molecular complexity index is 815. The molecule has 2 aromatic carbocycles. The molecule has 22 heavy (non-hydrogen) atoms. The maximum atomic E-state index is 13.2. The minimum absolute atomic E-state index is 0.332. The number of aryl methyl sites for hydroxylation is 1. The Morgan fingerprint density at radius 3 is 2.64 bits per heavy atom. The average molecular weight is 312 g/mol. The Kier molecular flexibility index (Phi) is 3.98. The lowest BCUT2D eigenvalue weighted by Crippen LogP contribution is -2.13. The van der Waals surface area contributed by atoms with Gasteiger partial charge in [0.15, 0.2) is 0 Å². The Labute approximate surface area is 131 Å². The predicted molar refractivity (Wildman–Crippen MR) is 86.6 cm³/mol. The van der Waals surface area contributed by atoms with Gasteiger partial charge in [0.05, 0.1) is 0 Å². The molecule has 0 aliphatic rings. The summed E-state index contributed by atoms with van der Waals surface area (Å²) in [6, 6.07) is 15.5. The number of anilines is 1. The number of hydrogen-bond acceptors (Lipinski definition) is 3. The summed E-state index contributed by atoms with van der Waals surface area (Å²) in [7, 11) is 0. The summed E-state index contributed by atoms with van der Waals surface area (Å²) < 4.78 is 13.2. The standard InChI is InChI=1S/C17H13FN2OS/c1-11-15(16(21)19-14-9-5-8-13(18)10-14)20-17(22-11)12-6-3-2-4-7-12/h2-10H,1H3,(H,19,21). The molecule has 3 rings (SSSR count). The van der Waals surface area contributed by atoms with Crippen molar-refractivity contribution in [3.63, 3.8) is 0 Å². The molecule has 0 atom stereocenters. The molecule has 1 heterocycles. The van der Waals surface area contributed by atoms with Gasteiger partial charge in [0.2, 0.25) is 0 Å². The highest BCUT2D eigenvalue weighted by molar-refractivity contribution is 7.15. The molecule has 0 aliphatic heterocycles. The van der Waals surface area contributed by atoms with Crippen LogP contribution in [0, 0.1) is 12.7 Å². The third-order valence-corrected chi connectivity index (χ3v) is 4.13. The van der Waals surface area contributed by atoms with Crippen LogP contribution in [0.3, 0.4) is 0 Å². The van der Waals surface area contributed by atoms with E-state index in [9.17, 15) is 9.18 Å². The van der Waals surface area contributed by atoms with Crippen molar-refractivity contribution in [1.29, 1.82) is 0 Å². The van der Waals surface area contributed by atoms with Gasteiger partial charge in [0, 0.05) is 16.1 Å². The van der Waals surface area contributed by atoms with E-state index < -0.39 is 5.82 Å². The fraction of sp³-hybridized carbons (Fsp3) is 0.0588. The van der Waals surface area contributed by atoms with Crippen LogP contribution >= 0.6 is 11.3 Å². The van der Waals surface area contributed by atoms with Crippen LogP contribution in [0.2, 0.25) is 0 Å². The third kappa shape index (κ3) is 3.04. The zero-order valence-corrected chi connectivity index (χ0v) is 12.7. The maximum Gasteiger partial charge on any atom is 0.275 e. The van der Waals surface area contributed by atoms with Crippen molar-refractivity contribution in [2.24, 2.45) is 0 Å². The Balaban J connectivity index is 1.86. The van der Waals surface area contributed by atoms with Gasteiger partial charge in [-0.15, -0.1) is 11.3 Å². The first-order valence-corrected chi connectivity index (χ1v) is 7.55. The average Bonchev–Trinajstić information content (AvgIpc) is 2.90. The molecule has 1 aromatic heterocycles. The van der Waals surface area contributed by atoms with Crippen molar-refractivity contribution in [1.82, 2.24) is 4.98 Å². The van der Waals surface area contributed by atoms with Gasteiger partial charge in [-0.1, -0.05) is 36.4 Å². The summed E-state index contributed by atoms with van der Waals surface area (Å²) >= 11 is 1.46. The van der Waals surface area contributed by atoms with E-state index in [0.29, 0.717) is 11.4 Å². The quantitative estimate of drug-likeness (QED) is 0.773. The minimum Gasteiger partial charge on any atom is -0.321 e. The van der Waals surface area contributed by atoms with Gasteiger partial charge in [-0.25, -0.2) is 9.37 Å². The van der Waals surface area contributed by atoms with Gasteiger partial charge < -0.3 is 5.32 Å². The van der Waals surface area contributed by atoms with Crippen LogP contribution in [0.15, 0.2) is 54.6 Å². The molecule has 0 bridgehead atoms. The highest BCUT2D eigenvalue weighted by atomic mass is 32.1. The van der Waals surface area contributed by atoms with Crippen LogP contribution in [0.5, 0.6) is 0 Å². The zero-order chi connectivity index (χ0) is 15.5. The van der Waals surface area contributed by atoms with Crippen molar-refractivity contribution in [2.45, 2.75) is 6.92 Å². The zero-order valence-electron chi connectivity index (χ0n) is 11.8. The lowest BCUT2D eigenvalue weighted by molar-refractivity contribution is 0.102. The van der Waals surface area contributed by atoms with Gasteiger partial charge >= 0.3 is 0 Å². The van der Waals surface area contributed by atoms with Crippen LogP contribution in [-0.2, 0) is 0 Å². The van der Waals surface area contributed by atoms with Crippen molar-refractivity contribution in [2.75, 3.05) is 5.32 Å². The van der Waals surface area contributed by atoms with E-state index in [-0.39, 0.29) is 5.91 Å². The van der Waals surface area contributed by atoms with Crippen molar-refractivity contribution in [3.8, 4) is 10.6 Å². The van der Waals surface area contributed by atoms with Gasteiger partial charge in [-0.05, 0) is 25.1 Å². The van der Waals surface area contributed by atoms with E-state index in [4.69, 9.17) is 0 Å². The van der Waals surface area contributed by atoms with Gasteiger partial charge in [0.1, 0.15) is 16.5 Å². The Morgan fingerprint density at radius 2 is 1.91 bits per heavy atom. The number of thiazole rings is 1. The molecular formula is C17H13FN2OS. The first-order valence-electron chi connectivity index (χ1n) is 6.73. The molecular weight excluding hydrogens is 299 g/mol. The number of benzene rings is 2. The normalized spacial score (nSPS) is 10.5. The van der Waals surface area contributed by atoms with E-state index >= 15 is 0 Å². The van der Waals surface area contributed by atoms with E-state index in [2.05, 4.69) is 10.3 Å². The SMILES string of the molecule is Cc1sc(-c2ccccc2)nc1C(=O)Nc1cccc(F)c1. The van der Waals surface area contributed by atoms with E-state index in [1.807, 2.05) is 37.3 Å². The number of aromatic nitrogens is 1. The molecule has 0 unspecified atom stereocenters.